The maximum atomic E-state index is 12.2. The Bertz CT molecular complexity index is 575. The average Bonchev–Trinajstić information content (AvgIpc) is 2.68. The summed E-state index contributed by atoms with van der Waals surface area (Å²) in [6, 6.07) is 1.04. The molecule has 1 atom stereocenters. The predicted octanol–water partition coefficient (Wildman–Crippen LogP) is 1.65. The van der Waals surface area contributed by atoms with E-state index in [1.54, 1.807) is 0 Å². The molecule has 0 bridgehead atoms. The van der Waals surface area contributed by atoms with Crippen LogP contribution in [0.15, 0.2) is 12.3 Å². The van der Waals surface area contributed by atoms with Gasteiger partial charge in [-0.2, -0.15) is 0 Å². The van der Waals surface area contributed by atoms with Crippen LogP contribution in [0.1, 0.15) is 23.7 Å². The molecule has 2 heterocycles. The SMILES string of the molecule is CC1CC(=O)N(C(=O)c2cc([N+](=O)[O-])cnc2Cl)C1. The number of pyridine rings is 1. The van der Waals surface area contributed by atoms with Gasteiger partial charge in [-0.05, 0) is 5.92 Å². The molecule has 2 amide bonds. The molecule has 1 saturated heterocycles. The number of amides is 2. The number of likely N-dealkylation sites (tertiary alicyclic amines) is 1. The lowest BCUT2D eigenvalue weighted by atomic mass is 10.2. The summed E-state index contributed by atoms with van der Waals surface area (Å²) < 4.78 is 0. The van der Waals surface area contributed by atoms with E-state index in [9.17, 15) is 19.7 Å². The molecule has 100 valence electrons. The second-order valence-corrected chi connectivity index (χ2v) is 4.77. The topological polar surface area (TPSA) is 93.4 Å². The van der Waals surface area contributed by atoms with Crippen molar-refractivity contribution in [1.29, 1.82) is 0 Å². The van der Waals surface area contributed by atoms with Crippen LogP contribution >= 0.6 is 11.6 Å². The number of nitrogens with zero attached hydrogens (tertiary/aromatic N) is 3. The van der Waals surface area contributed by atoms with E-state index >= 15 is 0 Å². The van der Waals surface area contributed by atoms with E-state index in [4.69, 9.17) is 11.6 Å². The molecular weight excluding hydrogens is 274 g/mol. The number of carbonyl (C=O) groups excluding carboxylic acids is 2. The van der Waals surface area contributed by atoms with Crippen molar-refractivity contribution in [2.75, 3.05) is 6.54 Å². The van der Waals surface area contributed by atoms with E-state index in [0.717, 1.165) is 17.2 Å². The third-order valence-electron chi connectivity index (χ3n) is 2.83. The van der Waals surface area contributed by atoms with Crippen LogP contribution < -0.4 is 0 Å². The first-order valence-electron chi connectivity index (χ1n) is 5.54. The molecule has 0 spiro atoms. The van der Waals surface area contributed by atoms with E-state index in [1.807, 2.05) is 6.92 Å². The van der Waals surface area contributed by atoms with Gasteiger partial charge in [-0.3, -0.25) is 24.6 Å². The van der Waals surface area contributed by atoms with Crippen LogP contribution in [-0.4, -0.2) is 33.2 Å². The lowest BCUT2D eigenvalue weighted by Crippen LogP contribution is -2.32. The second kappa shape index (κ2) is 4.93. The standard InChI is InChI=1S/C11H10ClN3O4/c1-6-2-9(16)14(5-6)11(17)8-3-7(15(18)19)4-13-10(8)12/h3-4,6H,2,5H2,1H3. The van der Waals surface area contributed by atoms with Crippen molar-refractivity contribution in [2.45, 2.75) is 13.3 Å². The lowest BCUT2D eigenvalue weighted by molar-refractivity contribution is -0.385. The van der Waals surface area contributed by atoms with Crippen LogP contribution in [0.3, 0.4) is 0 Å². The van der Waals surface area contributed by atoms with Crippen molar-refractivity contribution in [2.24, 2.45) is 5.92 Å². The van der Waals surface area contributed by atoms with E-state index in [2.05, 4.69) is 4.98 Å². The number of carbonyl (C=O) groups is 2. The average molecular weight is 284 g/mol. The first kappa shape index (κ1) is 13.4. The summed E-state index contributed by atoms with van der Waals surface area (Å²) in [6.07, 6.45) is 1.25. The number of halogens is 1. The molecule has 7 nitrogen and oxygen atoms in total. The molecule has 8 heteroatoms. The highest BCUT2D eigenvalue weighted by molar-refractivity contribution is 6.33. The second-order valence-electron chi connectivity index (χ2n) is 4.41. The Morgan fingerprint density at radius 3 is 2.84 bits per heavy atom. The van der Waals surface area contributed by atoms with Crippen LogP contribution in [0.4, 0.5) is 5.69 Å². The van der Waals surface area contributed by atoms with Crippen LogP contribution in [0.2, 0.25) is 5.15 Å². The smallest absolute Gasteiger partial charge is 0.278 e. The third-order valence-corrected chi connectivity index (χ3v) is 3.13. The van der Waals surface area contributed by atoms with Crippen molar-refractivity contribution < 1.29 is 14.5 Å². The molecule has 1 aromatic rings. The Kier molecular flexibility index (Phi) is 3.48. The fourth-order valence-corrected chi connectivity index (χ4v) is 2.10. The first-order valence-corrected chi connectivity index (χ1v) is 5.92. The summed E-state index contributed by atoms with van der Waals surface area (Å²) in [5.74, 6) is -0.877. The highest BCUT2D eigenvalue weighted by atomic mass is 35.5. The highest BCUT2D eigenvalue weighted by Crippen LogP contribution is 2.24. The molecule has 1 unspecified atom stereocenters. The van der Waals surface area contributed by atoms with Crippen molar-refractivity contribution in [3.8, 4) is 0 Å². The molecule has 0 aliphatic carbocycles. The van der Waals surface area contributed by atoms with Crippen LogP contribution in [0, 0.1) is 16.0 Å². The maximum absolute atomic E-state index is 12.2. The zero-order valence-electron chi connectivity index (χ0n) is 10.00. The summed E-state index contributed by atoms with van der Waals surface area (Å²) in [6.45, 7) is 2.13. The zero-order chi connectivity index (χ0) is 14.2. The normalized spacial score (nSPS) is 18.7. The minimum Gasteiger partial charge on any atom is -0.278 e. The van der Waals surface area contributed by atoms with Gasteiger partial charge >= 0.3 is 0 Å². The molecule has 19 heavy (non-hydrogen) atoms. The van der Waals surface area contributed by atoms with Gasteiger partial charge in [-0.25, -0.2) is 4.98 Å². The number of hydrogen-bond acceptors (Lipinski definition) is 5. The third kappa shape index (κ3) is 2.55. The minimum absolute atomic E-state index is 0.0712. The summed E-state index contributed by atoms with van der Waals surface area (Å²) in [5.41, 5.74) is -0.467. The van der Waals surface area contributed by atoms with Crippen molar-refractivity contribution >= 4 is 29.1 Å². The summed E-state index contributed by atoms with van der Waals surface area (Å²) in [5, 5.41) is 10.5. The monoisotopic (exact) mass is 283 g/mol. The largest absolute Gasteiger partial charge is 0.288 e. The lowest BCUT2D eigenvalue weighted by Gasteiger charge is -2.14. The van der Waals surface area contributed by atoms with E-state index in [-0.39, 0.29) is 41.2 Å². The van der Waals surface area contributed by atoms with E-state index in [1.165, 1.54) is 0 Å². The van der Waals surface area contributed by atoms with Gasteiger partial charge in [0.25, 0.3) is 11.6 Å². The number of aromatic nitrogens is 1. The number of rotatable bonds is 2. The summed E-state index contributed by atoms with van der Waals surface area (Å²) >= 11 is 5.77. The van der Waals surface area contributed by atoms with Crippen LogP contribution in [-0.2, 0) is 4.79 Å². The van der Waals surface area contributed by atoms with Gasteiger partial charge in [-0.1, -0.05) is 18.5 Å². The fourth-order valence-electron chi connectivity index (χ4n) is 1.91. The zero-order valence-corrected chi connectivity index (χ0v) is 10.8. The Morgan fingerprint density at radius 1 is 1.63 bits per heavy atom. The fraction of sp³-hybridized carbons (Fsp3) is 0.364. The quantitative estimate of drug-likeness (QED) is 0.356. The molecule has 1 fully saturated rings. The molecule has 1 aromatic heterocycles. The molecule has 0 saturated carbocycles. The molecule has 0 radical (unpaired) electrons. The molecule has 1 aliphatic rings. The highest BCUT2D eigenvalue weighted by Gasteiger charge is 2.33. The van der Waals surface area contributed by atoms with Crippen molar-refractivity contribution in [1.82, 2.24) is 9.88 Å². The van der Waals surface area contributed by atoms with Gasteiger partial charge in [0.15, 0.2) is 0 Å². The number of hydrogen-bond donors (Lipinski definition) is 0. The first-order chi connectivity index (χ1) is 8.90. The summed E-state index contributed by atoms with van der Waals surface area (Å²) in [7, 11) is 0. The summed E-state index contributed by atoms with van der Waals surface area (Å²) in [4.78, 5) is 38.4. The van der Waals surface area contributed by atoms with Gasteiger partial charge in [0.05, 0.1) is 10.5 Å². The van der Waals surface area contributed by atoms with Gasteiger partial charge in [-0.15, -0.1) is 0 Å². The Balaban J connectivity index is 2.36. The molecular formula is C11H10ClN3O4. The maximum Gasteiger partial charge on any atom is 0.288 e. The van der Waals surface area contributed by atoms with Gasteiger partial charge in [0.1, 0.15) is 11.3 Å². The number of imide groups is 1. The predicted molar refractivity (Wildman–Crippen MR) is 65.7 cm³/mol. The van der Waals surface area contributed by atoms with Crippen LogP contribution in [0.5, 0.6) is 0 Å². The van der Waals surface area contributed by atoms with Crippen LogP contribution in [0.25, 0.3) is 0 Å². The van der Waals surface area contributed by atoms with Gasteiger partial charge in [0, 0.05) is 19.0 Å². The number of nitro groups is 1. The molecule has 1 aliphatic heterocycles. The van der Waals surface area contributed by atoms with E-state index in [0.29, 0.717) is 0 Å². The Morgan fingerprint density at radius 2 is 2.32 bits per heavy atom. The Labute approximate surface area is 113 Å². The molecule has 2 rings (SSSR count). The Hall–Kier alpha value is -2.02. The minimum atomic E-state index is -0.672. The van der Waals surface area contributed by atoms with Gasteiger partial charge in [0.2, 0.25) is 5.91 Å². The van der Waals surface area contributed by atoms with Crippen molar-refractivity contribution in [3.63, 3.8) is 0 Å². The molecule has 0 N–H and O–H groups in total. The van der Waals surface area contributed by atoms with Crippen molar-refractivity contribution in [3.05, 3.63) is 33.1 Å². The molecule has 0 aromatic carbocycles. The van der Waals surface area contributed by atoms with E-state index < -0.39 is 10.8 Å². The van der Waals surface area contributed by atoms with Gasteiger partial charge < -0.3 is 0 Å².